The van der Waals surface area contributed by atoms with Crippen molar-refractivity contribution >= 4 is 23.2 Å². The summed E-state index contributed by atoms with van der Waals surface area (Å²) in [6.07, 6.45) is 0.274. The number of nitrogens with one attached hydrogen (secondary N) is 1. The Bertz CT molecular complexity index is 643. The van der Waals surface area contributed by atoms with Crippen LogP contribution in [0.3, 0.4) is 0 Å². The Morgan fingerprint density at radius 2 is 2.18 bits per heavy atom. The normalized spacial score (nSPS) is 11.7. The Balaban J connectivity index is 2.01. The zero-order valence-electron chi connectivity index (χ0n) is 12.0. The molecule has 0 radical (unpaired) electrons. The molecule has 2 rings (SSSR count). The van der Waals surface area contributed by atoms with Crippen LogP contribution in [-0.2, 0) is 11.2 Å². The van der Waals surface area contributed by atoms with Gasteiger partial charge in [0.2, 0.25) is 0 Å². The van der Waals surface area contributed by atoms with Crippen LogP contribution in [0.5, 0.6) is 5.75 Å². The summed E-state index contributed by atoms with van der Waals surface area (Å²) in [5.41, 5.74) is 2.64. The molecule has 2 aromatic rings. The molecule has 0 aliphatic carbocycles. The van der Waals surface area contributed by atoms with Gasteiger partial charge in [-0.15, -0.1) is 11.3 Å². The molecule has 0 bridgehead atoms. The van der Waals surface area contributed by atoms with Gasteiger partial charge in [0.15, 0.2) is 0 Å². The minimum Gasteiger partial charge on any atom is -0.496 e. The highest BCUT2D eigenvalue weighted by Gasteiger charge is 2.21. The van der Waals surface area contributed by atoms with Crippen molar-refractivity contribution in [1.82, 2.24) is 10.3 Å². The number of para-hydroxylation sites is 1. The first-order valence-corrected chi connectivity index (χ1v) is 7.57. The molecule has 6 nitrogen and oxygen atoms in total. The van der Waals surface area contributed by atoms with Gasteiger partial charge in [0.05, 0.1) is 18.5 Å². The van der Waals surface area contributed by atoms with E-state index in [-0.39, 0.29) is 18.9 Å². The number of amides is 1. The first-order valence-electron chi connectivity index (χ1n) is 6.63. The number of rotatable bonds is 7. The summed E-state index contributed by atoms with van der Waals surface area (Å²) in [6, 6.07) is 7.24. The van der Waals surface area contributed by atoms with Crippen molar-refractivity contribution in [3.8, 4) is 5.75 Å². The molecule has 1 unspecified atom stereocenters. The number of carboxylic acids is 1. The fourth-order valence-electron chi connectivity index (χ4n) is 2.01. The summed E-state index contributed by atoms with van der Waals surface area (Å²) < 4.78 is 5.22. The number of carboxylic acid groups (broad SMARTS) is 1. The Morgan fingerprint density at radius 1 is 1.41 bits per heavy atom. The average Bonchev–Trinajstić information content (AvgIpc) is 3.05. The van der Waals surface area contributed by atoms with Crippen molar-refractivity contribution in [1.29, 1.82) is 0 Å². The number of aliphatic carboxylic acids is 1. The quantitative estimate of drug-likeness (QED) is 0.812. The van der Waals surface area contributed by atoms with Crippen molar-refractivity contribution in [2.24, 2.45) is 5.92 Å². The molecule has 0 aliphatic heterocycles. The summed E-state index contributed by atoms with van der Waals surface area (Å²) in [5.74, 6) is -1.43. The van der Waals surface area contributed by atoms with Crippen LogP contribution in [-0.4, -0.2) is 35.6 Å². The highest BCUT2D eigenvalue weighted by molar-refractivity contribution is 7.07. The van der Waals surface area contributed by atoms with Crippen LogP contribution in [0.15, 0.2) is 35.2 Å². The third-order valence-corrected chi connectivity index (χ3v) is 3.77. The molecule has 0 aliphatic rings. The van der Waals surface area contributed by atoms with Gasteiger partial charge in [-0.25, -0.2) is 4.98 Å². The molecule has 1 aromatic carbocycles. The van der Waals surface area contributed by atoms with Gasteiger partial charge in [-0.2, -0.15) is 0 Å². The fourth-order valence-corrected chi connectivity index (χ4v) is 2.55. The van der Waals surface area contributed by atoms with E-state index in [0.29, 0.717) is 11.4 Å². The molecule has 2 N–H and O–H groups in total. The molecule has 0 fully saturated rings. The lowest BCUT2D eigenvalue weighted by Gasteiger charge is -2.15. The lowest BCUT2D eigenvalue weighted by atomic mass is 9.98. The molecule has 0 saturated heterocycles. The van der Waals surface area contributed by atoms with Gasteiger partial charge >= 0.3 is 5.97 Å². The van der Waals surface area contributed by atoms with Crippen LogP contribution >= 0.6 is 11.3 Å². The van der Waals surface area contributed by atoms with Gasteiger partial charge in [0.25, 0.3) is 5.91 Å². The predicted molar refractivity (Wildman–Crippen MR) is 82.3 cm³/mol. The summed E-state index contributed by atoms with van der Waals surface area (Å²) >= 11 is 1.31. The second-order valence-corrected chi connectivity index (χ2v) is 5.35. The minimum atomic E-state index is -0.968. The van der Waals surface area contributed by atoms with Gasteiger partial charge in [-0.3, -0.25) is 9.59 Å². The van der Waals surface area contributed by atoms with E-state index in [9.17, 15) is 14.7 Å². The van der Waals surface area contributed by atoms with E-state index in [1.54, 1.807) is 24.1 Å². The molecule has 1 aromatic heterocycles. The number of aromatic nitrogens is 1. The van der Waals surface area contributed by atoms with Crippen molar-refractivity contribution in [2.75, 3.05) is 13.7 Å². The maximum atomic E-state index is 11.8. The second kappa shape index (κ2) is 7.56. The second-order valence-electron chi connectivity index (χ2n) is 4.63. The number of carbonyl (C=O) groups excluding carboxylic acids is 1. The van der Waals surface area contributed by atoms with Gasteiger partial charge < -0.3 is 15.2 Å². The number of nitrogens with zero attached hydrogens (tertiary/aromatic N) is 1. The van der Waals surface area contributed by atoms with Crippen molar-refractivity contribution in [2.45, 2.75) is 6.42 Å². The Morgan fingerprint density at radius 3 is 2.82 bits per heavy atom. The van der Waals surface area contributed by atoms with Crippen LogP contribution in [0.4, 0.5) is 0 Å². The van der Waals surface area contributed by atoms with Crippen LogP contribution < -0.4 is 10.1 Å². The van der Waals surface area contributed by atoms with E-state index in [4.69, 9.17) is 4.74 Å². The first kappa shape index (κ1) is 16.0. The van der Waals surface area contributed by atoms with Crippen LogP contribution in [0, 0.1) is 5.92 Å². The van der Waals surface area contributed by atoms with Crippen LogP contribution in [0.2, 0.25) is 0 Å². The number of thiazole rings is 1. The topological polar surface area (TPSA) is 88.5 Å². The van der Waals surface area contributed by atoms with E-state index in [1.807, 2.05) is 18.2 Å². The molecule has 7 heteroatoms. The maximum absolute atomic E-state index is 11.8. The van der Waals surface area contributed by atoms with E-state index in [0.717, 1.165) is 5.56 Å². The lowest BCUT2D eigenvalue weighted by Crippen LogP contribution is -2.34. The summed E-state index contributed by atoms with van der Waals surface area (Å²) in [7, 11) is 1.54. The first-order chi connectivity index (χ1) is 10.6. The number of hydrogen-bond donors (Lipinski definition) is 2. The van der Waals surface area contributed by atoms with Gasteiger partial charge in [0.1, 0.15) is 11.4 Å². The van der Waals surface area contributed by atoms with E-state index < -0.39 is 11.9 Å². The molecule has 1 heterocycles. The maximum Gasteiger partial charge on any atom is 0.308 e. The molecule has 116 valence electrons. The van der Waals surface area contributed by atoms with E-state index >= 15 is 0 Å². The van der Waals surface area contributed by atoms with E-state index in [2.05, 4.69) is 10.3 Å². The molecule has 0 saturated carbocycles. The molecular formula is C15H16N2O4S. The van der Waals surface area contributed by atoms with Crippen molar-refractivity contribution in [3.05, 3.63) is 46.4 Å². The molecule has 1 atom stereocenters. The van der Waals surface area contributed by atoms with Gasteiger partial charge in [-0.05, 0) is 18.1 Å². The number of benzene rings is 1. The highest BCUT2D eigenvalue weighted by Crippen LogP contribution is 2.21. The minimum absolute atomic E-state index is 0.0315. The van der Waals surface area contributed by atoms with Crippen LogP contribution in [0.1, 0.15) is 16.1 Å². The van der Waals surface area contributed by atoms with Crippen molar-refractivity contribution < 1.29 is 19.4 Å². The Labute approximate surface area is 131 Å². The standard InChI is InChI=1S/C15H16N2O4S/c1-21-13-5-3-2-4-10(13)6-11(15(19)20)7-16-14(18)12-8-22-9-17-12/h2-5,8-9,11H,6-7H2,1H3,(H,16,18)(H,19,20). The Hall–Kier alpha value is -2.41. The summed E-state index contributed by atoms with van der Waals surface area (Å²) in [5, 5.41) is 13.6. The third-order valence-electron chi connectivity index (χ3n) is 3.18. The predicted octanol–water partition coefficient (Wildman–Crippen LogP) is 1.82. The van der Waals surface area contributed by atoms with Gasteiger partial charge in [0, 0.05) is 11.9 Å². The van der Waals surface area contributed by atoms with E-state index in [1.165, 1.54) is 11.3 Å². The average molecular weight is 320 g/mol. The summed E-state index contributed by atoms with van der Waals surface area (Å²) in [4.78, 5) is 27.1. The summed E-state index contributed by atoms with van der Waals surface area (Å²) in [6.45, 7) is 0.0315. The van der Waals surface area contributed by atoms with Gasteiger partial charge in [-0.1, -0.05) is 18.2 Å². The third kappa shape index (κ3) is 4.05. The Kier molecular flexibility index (Phi) is 5.48. The smallest absolute Gasteiger partial charge is 0.308 e. The number of methoxy groups -OCH3 is 1. The number of hydrogen-bond acceptors (Lipinski definition) is 5. The lowest BCUT2D eigenvalue weighted by molar-refractivity contribution is -0.141. The van der Waals surface area contributed by atoms with Crippen molar-refractivity contribution in [3.63, 3.8) is 0 Å². The number of ether oxygens (including phenoxy) is 1. The largest absolute Gasteiger partial charge is 0.496 e. The molecule has 22 heavy (non-hydrogen) atoms. The monoisotopic (exact) mass is 320 g/mol. The molecule has 1 amide bonds. The highest BCUT2D eigenvalue weighted by atomic mass is 32.1. The molecular weight excluding hydrogens is 304 g/mol. The zero-order chi connectivity index (χ0) is 15.9. The molecule has 0 spiro atoms. The fraction of sp³-hybridized carbons (Fsp3) is 0.267. The SMILES string of the molecule is COc1ccccc1CC(CNC(=O)c1cscn1)C(=O)O. The zero-order valence-corrected chi connectivity index (χ0v) is 12.8. The number of carbonyl (C=O) groups is 2. The van der Waals surface area contributed by atoms with Crippen LogP contribution in [0.25, 0.3) is 0 Å².